The Morgan fingerprint density at radius 2 is 1.50 bits per heavy atom. The Labute approximate surface area is 224 Å². The molecule has 0 amide bonds. The summed E-state index contributed by atoms with van der Waals surface area (Å²) in [6.07, 6.45) is 3.21. The van der Waals surface area contributed by atoms with Gasteiger partial charge in [-0.3, -0.25) is 4.79 Å². The number of carbonyl (C=O) groups excluding carboxylic acids is 1. The van der Waals surface area contributed by atoms with Crippen molar-refractivity contribution in [3.8, 4) is 16.9 Å². The van der Waals surface area contributed by atoms with Crippen LogP contribution in [0.3, 0.4) is 0 Å². The zero-order valence-corrected chi connectivity index (χ0v) is 22.2. The number of aromatic carboxylic acids is 1. The fourth-order valence-corrected chi connectivity index (χ4v) is 4.35. The van der Waals surface area contributed by atoms with Gasteiger partial charge in [0.2, 0.25) is 0 Å². The summed E-state index contributed by atoms with van der Waals surface area (Å²) in [6, 6.07) is 28.5. The van der Waals surface area contributed by atoms with Crippen LogP contribution in [0.4, 0.5) is 0 Å². The first-order valence-electron chi connectivity index (χ1n) is 12.6. The summed E-state index contributed by atoms with van der Waals surface area (Å²) in [7, 11) is 0. The maximum atomic E-state index is 13.4. The van der Waals surface area contributed by atoms with Crippen molar-refractivity contribution in [2.24, 2.45) is 0 Å². The zero-order valence-electron chi connectivity index (χ0n) is 22.2. The van der Waals surface area contributed by atoms with Gasteiger partial charge in [-0.15, -0.1) is 0 Å². The van der Waals surface area contributed by atoms with E-state index in [2.05, 4.69) is 52.0 Å². The van der Waals surface area contributed by atoms with Gasteiger partial charge in [0.15, 0.2) is 5.78 Å². The predicted molar refractivity (Wildman–Crippen MR) is 153 cm³/mol. The number of ketones is 1. The summed E-state index contributed by atoms with van der Waals surface area (Å²) in [5, 5.41) is 9.12. The predicted octanol–water partition coefficient (Wildman–Crippen LogP) is 8.13. The first kappa shape index (κ1) is 26.6. The molecule has 0 spiro atoms. The fourth-order valence-electron chi connectivity index (χ4n) is 4.35. The van der Waals surface area contributed by atoms with E-state index in [4.69, 9.17) is 9.84 Å². The van der Waals surface area contributed by atoms with E-state index in [1.54, 1.807) is 18.2 Å². The molecule has 0 aliphatic rings. The molecule has 4 nitrogen and oxygen atoms in total. The number of carbonyl (C=O) groups is 2. The van der Waals surface area contributed by atoms with Crippen LogP contribution in [-0.4, -0.2) is 16.9 Å². The van der Waals surface area contributed by atoms with E-state index in [1.807, 2.05) is 42.5 Å². The lowest BCUT2D eigenvalue weighted by Gasteiger charge is -2.27. The first-order chi connectivity index (χ1) is 18.1. The molecule has 1 N–H and O–H groups in total. The summed E-state index contributed by atoms with van der Waals surface area (Å²) < 4.78 is 6.39. The van der Waals surface area contributed by atoms with E-state index < -0.39 is 5.97 Å². The van der Waals surface area contributed by atoms with E-state index in [-0.39, 0.29) is 16.8 Å². The minimum Gasteiger partial charge on any atom is -0.489 e. The molecule has 0 unspecified atom stereocenters. The second-order valence-electron chi connectivity index (χ2n) is 10.4. The lowest BCUT2D eigenvalue weighted by Crippen LogP contribution is -2.16. The summed E-state index contributed by atoms with van der Waals surface area (Å²) in [4.78, 5) is 24.5. The largest absolute Gasteiger partial charge is 0.489 e. The van der Waals surface area contributed by atoms with Crippen LogP contribution in [0, 0.1) is 6.92 Å². The van der Waals surface area contributed by atoms with Crippen LogP contribution in [0.2, 0.25) is 0 Å². The monoisotopic (exact) mass is 504 g/mol. The average Bonchev–Trinajstić information content (AvgIpc) is 2.90. The third-order valence-corrected chi connectivity index (χ3v) is 6.32. The van der Waals surface area contributed by atoms with Crippen molar-refractivity contribution in [1.82, 2.24) is 0 Å². The van der Waals surface area contributed by atoms with Crippen molar-refractivity contribution in [2.45, 2.75) is 39.7 Å². The minimum absolute atomic E-state index is 0.161. The summed E-state index contributed by atoms with van der Waals surface area (Å²) in [5.41, 5.74) is 6.47. The molecule has 4 heteroatoms. The van der Waals surface area contributed by atoms with Crippen LogP contribution < -0.4 is 4.74 Å². The number of carboxylic acids is 1. The van der Waals surface area contributed by atoms with Crippen molar-refractivity contribution < 1.29 is 19.4 Å². The topological polar surface area (TPSA) is 63.6 Å². The Morgan fingerprint density at radius 3 is 2.11 bits per heavy atom. The van der Waals surface area contributed by atoms with Gasteiger partial charge in [0.25, 0.3) is 0 Å². The number of allylic oxidation sites excluding steroid dienone is 1. The van der Waals surface area contributed by atoms with Crippen LogP contribution >= 0.6 is 0 Å². The van der Waals surface area contributed by atoms with E-state index in [0.717, 1.165) is 33.4 Å². The highest BCUT2D eigenvalue weighted by atomic mass is 16.5. The van der Waals surface area contributed by atoms with Gasteiger partial charge < -0.3 is 9.84 Å². The van der Waals surface area contributed by atoms with E-state index in [1.165, 1.54) is 18.2 Å². The first-order valence-corrected chi connectivity index (χ1v) is 12.6. The minimum atomic E-state index is -0.984. The molecule has 38 heavy (non-hydrogen) atoms. The number of hydrogen-bond donors (Lipinski definition) is 1. The number of benzene rings is 4. The van der Waals surface area contributed by atoms with E-state index >= 15 is 0 Å². The van der Waals surface area contributed by atoms with Gasteiger partial charge >= 0.3 is 5.97 Å². The molecule has 0 aliphatic heterocycles. The molecule has 0 heterocycles. The van der Waals surface area contributed by atoms with E-state index in [0.29, 0.717) is 17.9 Å². The number of ether oxygens (including phenoxy) is 1. The van der Waals surface area contributed by atoms with Gasteiger partial charge in [-0.1, -0.05) is 99.1 Å². The Hall–Kier alpha value is -4.44. The molecule has 0 aromatic heterocycles. The van der Waals surface area contributed by atoms with Crippen LogP contribution in [0.5, 0.6) is 5.75 Å². The maximum Gasteiger partial charge on any atom is 0.335 e. The molecule has 4 aromatic rings. The maximum absolute atomic E-state index is 13.4. The van der Waals surface area contributed by atoms with Crippen molar-refractivity contribution in [3.05, 3.63) is 130 Å². The summed E-state index contributed by atoms with van der Waals surface area (Å²) >= 11 is 0. The fraction of sp³-hybridized carbons (Fsp3) is 0.176. The third kappa shape index (κ3) is 6.46. The van der Waals surface area contributed by atoms with Gasteiger partial charge in [-0.2, -0.15) is 0 Å². The lowest BCUT2D eigenvalue weighted by molar-refractivity contribution is 0.0696. The molecular weight excluding hydrogens is 472 g/mol. The molecule has 0 fully saturated rings. The quantitative estimate of drug-likeness (QED) is 0.194. The number of carboxylic acid groups (broad SMARTS) is 1. The second kappa shape index (κ2) is 11.3. The Balaban J connectivity index is 1.77. The molecule has 0 atom stereocenters. The number of hydrogen-bond acceptors (Lipinski definition) is 3. The third-order valence-electron chi connectivity index (χ3n) is 6.32. The lowest BCUT2D eigenvalue weighted by atomic mass is 9.80. The SMILES string of the molecule is Cc1ccc(-c2cc(C(=O)C=Cc3ccc(C(=O)O)cc3)cc(OCc3ccccc3)c2C(C)(C)C)cc1. The summed E-state index contributed by atoms with van der Waals surface area (Å²) in [6.45, 7) is 8.89. The Kier molecular flexibility index (Phi) is 7.92. The van der Waals surface area contributed by atoms with Gasteiger partial charge in [-0.05, 0) is 64.9 Å². The van der Waals surface area contributed by atoms with Gasteiger partial charge in [0, 0.05) is 11.1 Å². The van der Waals surface area contributed by atoms with Crippen molar-refractivity contribution in [2.75, 3.05) is 0 Å². The highest BCUT2D eigenvalue weighted by molar-refractivity contribution is 6.08. The van der Waals surface area contributed by atoms with Crippen molar-refractivity contribution >= 4 is 17.8 Å². The van der Waals surface area contributed by atoms with Crippen molar-refractivity contribution in [3.63, 3.8) is 0 Å². The molecule has 0 aliphatic carbocycles. The normalized spacial score (nSPS) is 11.5. The highest BCUT2D eigenvalue weighted by Crippen LogP contribution is 2.41. The Morgan fingerprint density at radius 1 is 0.842 bits per heavy atom. The smallest absolute Gasteiger partial charge is 0.335 e. The van der Waals surface area contributed by atoms with Crippen LogP contribution in [0.1, 0.15) is 63.7 Å². The molecule has 0 radical (unpaired) electrons. The van der Waals surface area contributed by atoms with Gasteiger partial charge in [0.1, 0.15) is 12.4 Å². The van der Waals surface area contributed by atoms with Gasteiger partial charge in [-0.25, -0.2) is 4.79 Å². The standard InChI is InChI=1S/C34H32O4/c1-23-10-15-26(16-11-23)29-20-28(30(35)19-14-24-12-17-27(18-13-24)33(36)37)21-31(32(29)34(2,3)4)38-22-25-8-6-5-7-9-25/h5-21H,22H2,1-4H3,(H,36,37). The molecule has 192 valence electrons. The molecule has 0 bridgehead atoms. The number of aryl methyl sites for hydroxylation is 1. The Bertz CT molecular complexity index is 1460. The molecule has 4 rings (SSSR count). The van der Waals surface area contributed by atoms with Crippen molar-refractivity contribution in [1.29, 1.82) is 0 Å². The highest BCUT2D eigenvalue weighted by Gasteiger charge is 2.26. The van der Waals surface area contributed by atoms with Crippen LogP contribution in [0.25, 0.3) is 17.2 Å². The van der Waals surface area contributed by atoms with Crippen LogP contribution in [-0.2, 0) is 12.0 Å². The second-order valence-corrected chi connectivity index (χ2v) is 10.4. The average molecular weight is 505 g/mol. The van der Waals surface area contributed by atoms with Crippen LogP contribution in [0.15, 0.2) is 97.1 Å². The molecule has 0 saturated heterocycles. The van der Waals surface area contributed by atoms with Gasteiger partial charge in [0.05, 0.1) is 5.56 Å². The zero-order chi connectivity index (χ0) is 27.3. The summed E-state index contributed by atoms with van der Waals surface area (Å²) in [5.74, 6) is -0.463. The molecular formula is C34H32O4. The number of rotatable bonds is 8. The molecule has 0 saturated carbocycles. The molecule has 4 aromatic carbocycles. The van der Waals surface area contributed by atoms with E-state index in [9.17, 15) is 9.59 Å².